The van der Waals surface area contributed by atoms with Gasteiger partial charge >= 0.3 is 0 Å². The fourth-order valence-corrected chi connectivity index (χ4v) is 9.17. The van der Waals surface area contributed by atoms with E-state index in [2.05, 4.69) is 122 Å². The van der Waals surface area contributed by atoms with Crippen LogP contribution in [-0.2, 0) is 10.1 Å². The van der Waals surface area contributed by atoms with E-state index in [1.54, 1.807) is 21.3 Å². The van der Waals surface area contributed by atoms with Crippen molar-refractivity contribution in [3.8, 4) is 17.2 Å². The molecule has 0 unspecified atom stereocenters. The van der Waals surface area contributed by atoms with Crippen molar-refractivity contribution in [2.45, 2.75) is 18.2 Å². The topological polar surface area (TPSA) is 36.9 Å². The van der Waals surface area contributed by atoms with E-state index in [0.29, 0.717) is 17.2 Å². The van der Waals surface area contributed by atoms with Crippen LogP contribution in [-0.4, -0.2) is 34.5 Å². The van der Waals surface area contributed by atoms with Gasteiger partial charge in [0.15, 0.2) is 33.0 Å². The average molecular weight is 675 g/mol. The number of rotatable bonds is 7. The van der Waals surface area contributed by atoms with Crippen LogP contribution in [0.25, 0.3) is 0 Å². The first-order chi connectivity index (χ1) is 19.1. The van der Waals surface area contributed by atoms with Crippen LogP contribution >= 0.6 is 37.4 Å². The highest BCUT2D eigenvalue weighted by molar-refractivity contribution is 9.44. The van der Waals surface area contributed by atoms with Crippen LogP contribution in [0.4, 0.5) is 0 Å². The Kier molecular flexibility index (Phi) is 13.3. The minimum atomic E-state index is -1.71. The number of hydrogen-bond donors (Lipinski definition) is 0. The Bertz CT molecular complexity index is 1110. The second-order valence-electron chi connectivity index (χ2n) is 8.58. The predicted molar refractivity (Wildman–Crippen MR) is 173 cm³/mol. The maximum absolute atomic E-state index is 5.20. The lowest BCUT2D eigenvalue weighted by Crippen LogP contribution is -2.26. The van der Waals surface area contributed by atoms with Crippen molar-refractivity contribution in [3.63, 3.8) is 0 Å². The van der Waals surface area contributed by atoms with Crippen LogP contribution in [0.2, 0.25) is 0 Å². The summed E-state index contributed by atoms with van der Waals surface area (Å²) in [4.78, 5) is 0. The first kappa shape index (κ1) is 31.2. The van der Waals surface area contributed by atoms with Gasteiger partial charge in [0.1, 0.15) is 15.9 Å². The molecule has 0 atom stereocenters. The molecule has 4 aromatic carbocycles. The fourth-order valence-electron chi connectivity index (χ4n) is 4.07. The third-order valence-corrected chi connectivity index (χ3v) is 13.4. The van der Waals surface area contributed by atoms with E-state index in [4.69, 9.17) is 18.9 Å². The maximum atomic E-state index is 5.20. The summed E-state index contributed by atoms with van der Waals surface area (Å²) in [6.07, 6.45) is 2.56. The lowest BCUT2D eigenvalue weighted by Gasteiger charge is -2.19. The molecule has 0 spiro atoms. The lowest BCUT2D eigenvalue weighted by atomic mass is 10.2. The van der Waals surface area contributed by atoms with Crippen molar-refractivity contribution in [2.75, 3.05) is 34.5 Å². The van der Waals surface area contributed by atoms with Gasteiger partial charge in [-0.2, -0.15) is 0 Å². The number of hydrogen-bond acceptors (Lipinski definition) is 4. The van der Waals surface area contributed by atoms with Gasteiger partial charge in [-0.15, -0.1) is 0 Å². The van der Waals surface area contributed by atoms with Crippen molar-refractivity contribution >= 4 is 53.3 Å². The molecule has 0 aliphatic carbocycles. The zero-order valence-electron chi connectivity index (χ0n) is 22.7. The molecule has 206 valence electrons. The minimum absolute atomic E-state index is 0.625. The molecule has 0 N–H and O–H groups in total. The largest absolute Gasteiger partial charge is 0.493 e. The van der Waals surface area contributed by atoms with Crippen molar-refractivity contribution in [3.05, 3.63) is 109 Å². The summed E-state index contributed by atoms with van der Waals surface area (Å²) in [6, 6.07) is 35.9. The van der Waals surface area contributed by atoms with Crippen molar-refractivity contribution in [1.29, 1.82) is 0 Å². The normalized spacial score (nSPS) is 12.3. The number of alkyl halides is 1. The smallest absolute Gasteiger partial charge is 0.203 e. The molecule has 1 saturated heterocycles. The number of benzene rings is 4. The molecule has 0 amide bonds. The van der Waals surface area contributed by atoms with E-state index in [9.17, 15) is 0 Å². The van der Waals surface area contributed by atoms with E-state index >= 15 is 0 Å². The highest BCUT2D eigenvalue weighted by Crippen LogP contribution is 2.62. The highest BCUT2D eigenvalue weighted by Gasteiger charge is 2.43. The zero-order valence-corrected chi connectivity index (χ0v) is 26.8. The number of methoxy groups -OCH3 is 3. The molecule has 1 heterocycles. The second-order valence-corrected chi connectivity index (χ2v) is 15.1. The van der Waals surface area contributed by atoms with Crippen LogP contribution in [0.5, 0.6) is 17.2 Å². The summed E-state index contributed by atoms with van der Waals surface area (Å²) >= 11 is 7.50. The van der Waals surface area contributed by atoms with Crippen LogP contribution in [0, 0.1) is 0 Å². The van der Waals surface area contributed by atoms with Gasteiger partial charge in [-0.25, -0.2) is 0 Å². The van der Waals surface area contributed by atoms with Gasteiger partial charge in [0.2, 0.25) is 5.75 Å². The van der Waals surface area contributed by atoms with Crippen molar-refractivity contribution < 1.29 is 18.9 Å². The number of halogens is 2. The molecule has 4 nitrogen and oxygen atoms in total. The molecule has 7 heteroatoms. The molecular weight excluding hydrogens is 639 g/mol. The zero-order chi connectivity index (χ0) is 27.9. The lowest BCUT2D eigenvalue weighted by molar-refractivity contribution is 0.198. The van der Waals surface area contributed by atoms with E-state index in [1.807, 2.05) is 12.1 Å². The monoisotopic (exact) mass is 673 g/mol. The Balaban J connectivity index is 0.000000191. The Morgan fingerprint density at radius 1 is 0.641 bits per heavy atom. The van der Waals surface area contributed by atoms with Crippen molar-refractivity contribution in [2.24, 2.45) is 0 Å². The summed E-state index contributed by atoms with van der Waals surface area (Å²) in [5, 5.41) is 4.79. The summed E-state index contributed by atoms with van der Waals surface area (Å²) < 4.78 is 20.5. The molecule has 0 radical (unpaired) electrons. The fraction of sp³-hybridized carbons (Fsp3) is 0.250. The van der Waals surface area contributed by atoms with E-state index in [1.165, 1.54) is 28.8 Å². The molecule has 39 heavy (non-hydrogen) atoms. The number of ether oxygens (including phenoxy) is 4. The third kappa shape index (κ3) is 8.56. The summed E-state index contributed by atoms with van der Waals surface area (Å²) in [5.74, 6) is 0.274. The molecule has 1 fully saturated rings. The average Bonchev–Trinajstić information content (AvgIpc) is 3.62. The minimum Gasteiger partial charge on any atom is -0.493 e. The van der Waals surface area contributed by atoms with Gasteiger partial charge in [0.05, 0.1) is 21.3 Å². The van der Waals surface area contributed by atoms with Gasteiger partial charge in [-0.3, -0.25) is 0 Å². The van der Waals surface area contributed by atoms with Crippen LogP contribution < -0.4 is 30.1 Å². The highest BCUT2D eigenvalue weighted by atomic mass is 79.9. The van der Waals surface area contributed by atoms with Gasteiger partial charge in [0.25, 0.3) is 0 Å². The van der Waals surface area contributed by atoms with Crippen LogP contribution in [0.15, 0.2) is 103 Å². The van der Waals surface area contributed by atoms with Gasteiger partial charge < -0.3 is 18.9 Å². The summed E-state index contributed by atoms with van der Waals surface area (Å²) in [7, 11) is 4.80. The molecule has 0 saturated carbocycles. The Labute approximate surface area is 249 Å². The first-order valence-corrected chi connectivity index (χ1v) is 17.7. The summed E-state index contributed by atoms with van der Waals surface area (Å²) in [5.41, 5.74) is 1.08. The third-order valence-electron chi connectivity index (χ3n) is 6.04. The van der Waals surface area contributed by atoms with Gasteiger partial charge in [-0.1, -0.05) is 70.5 Å². The van der Waals surface area contributed by atoms with Gasteiger partial charge in [-0.05, 0) is 66.9 Å². The summed E-state index contributed by atoms with van der Waals surface area (Å²) in [6.45, 7) is 2.00. The Morgan fingerprint density at radius 2 is 1.03 bits per heavy atom. The van der Waals surface area contributed by atoms with Crippen molar-refractivity contribution in [1.82, 2.24) is 0 Å². The molecule has 1 aliphatic rings. The molecular formula is C32H36Br2O4P+. The van der Waals surface area contributed by atoms with E-state index in [-0.39, 0.29) is 0 Å². The molecule has 5 rings (SSSR count). The standard InChI is InChI=1S/C18H15BrP.C10H13BrO3.C4H8O/c19-20(16-10-4-1-5-11-16,17-12-6-2-7-13-17)18-14-8-3-9-15-18;1-12-8-4-7(6-11)5-9(13-2)10(8)14-3;1-2-4-5-3-1/h1-15H;4-5H,6H2,1-3H3;1-4H2/q+1;;. The van der Waals surface area contributed by atoms with Crippen LogP contribution in [0.3, 0.4) is 0 Å². The van der Waals surface area contributed by atoms with E-state index in [0.717, 1.165) is 24.1 Å². The maximum Gasteiger partial charge on any atom is 0.203 e. The second kappa shape index (κ2) is 16.7. The quantitative estimate of drug-likeness (QED) is 0.149. The predicted octanol–water partition coefficient (Wildman–Crippen LogP) is 7.69. The van der Waals surface area contributed by atoms with Crippen LogP contribution in [0.1, 0.15) is 18.4 Å². The molecule has 0 aromatic heterocycles. The SMILES string of the molecule is Br[P+](c1ccccc1)(c1ccccc1)c1ccccc1.C1CCOC1.COc1cc(CBr)cc(OC)c1OC. The molecule has 4 aromatic rings. The Morgan fingerprint density at radius 3 is 1.28 bits per heavy atom. The molecule has 0 bridgehead atoms. The van der Waals surface area contributed by atoms with E-state index < -0.39 is 5.96 Å². The first-order valence-electron chi connectivity index (χ1n) is 12.8. The molecule has 1 aliphatic heterocycles. The van der Waals surface area contributed by atoms with Gasteiger partial charge in [0, 0.05) is 18.5 Å². The Hall–Kier alpha value is -2.37.